The number of halogens is 2. The number of piperidine rings is 1. The molecule has 5 rings (SSSR count). The number of nitrogens with zero attached hydrogens (tertiary/aromatic N) is 2. The zero-order chi connectivity index (χ0) is 15.4. The van der Waals surface area contributed by atoms with Gasteiger partial charge < -0.3 is 14.9 Å². The minimum absolute atomic E-state index is 0. The summed E-state index contributed by atoms with van der Waals surface area (Å²) in [6.07, 6.45) is 4.91. The van der Waals surface area contributed by atoms with Crippen LogP contribution >= 0.6 is 24.8 Å². The topological polar surface area (TPSA) is 62.7 Å². The third kappa shape index (κ3) is 2.97. The van der Waals surface area contributed by atoms with Crippen LogP contribution in [0.5, 0.6) is 0 Å². The summed E-state index contributed by atoms with van der Waals surface area (Å²) in [7, 11) is 0. The summed E-state index contributed by atoms with van der Waals surface area (Å²) in [6, 6.07) is 8.04. The van der Waals surface area contributed by atoms with Crippen molar-refractivity contribution in [2.24, 2.45) is 5.92 Å². The Morgan fingerprint density at radius 1 is 1.12 bits per heavy atom. The van der Waals surface area contributed by atoms with E-state index in [4.69, 9.17) is 0 Å². The molecular weight excluding hydrogens is 359 g/mol. The second-order valence-electron chi connectivity index (χ2n) is 6.71. The molecule has 5 heterocycles. The van der Waals surface area contributed by atoms with Crippen LogP contribution in [0.25, 0.3) is 22.2 Å². The standard InChI is InChI=1S/C18H18N4O.2ClH/c23-17-6-13(14-4-12-1-2-20-18(12)21-9-14)5-16-15-3-11(7-19-8-15)10-22(16)17;;/h1-2,4-6,9,11,15,19H,3,7-8,10H2,(H,20,21);2*1H/t11-,15+;;/m0../s1. The SMILES string of the molecule is Cl.Cl.O=c1cc(-c2cnc3[nH]ccc3c2)cc2n1C[C@@H]1CNC[C@H]2C1. The first-order chi connectivity index (χ1) is 11.3. The van der Waals surface area contributed by atoms with E-state index in [9.17, 15) is 4.79 Å². The molecule has 3 aromatic rings. The fourth-order valence-corrected chi connectivity index (χ4v) is 4.07. The van der Waals surface area contributed by atoms with Crippen molar-refractivity contribution >= 4 is 35.8 Å². The molecule has 2 bridgehead atoms. The van der Waals surface area contributed by atoms with Gasteiger partial charge in [-0.1, -0.05) is 0 Å². The highest BCUT2D eigenvalue weighted by Crippen LogP contribution is 2.33. The molecule has 0 aliphatic carbocycles. The minimum atomic E-state index is 0. The summed E-state index contributed by atoms with van der Waals surface area (Å²) in [6.45, 7) is 2.83. The van der Waals surface area contributed by atoms with E-state index in [1.807, 2.05) is 23.0 Å². The van der Waals surface area contributed by atoms with Crippen molar-refractivity contribution in [1.82, 2.24) is 19.9 Å². The van der Waals surface area contributed by atoms with E-state index in [2.05, 4.69) is 27.4 Å². The maximum Gasteiger partial charge on any atom is 0.251 e. The smallest absolute Gasteiger partial charge is 0.251 e. The van der Waals surface area contributed by atoms with Crippen LogP contribution in [-0.2, 0) is 6.54 Å². The first-order valence-corrected chi connectivity index (χ1v) is 8.17. The normalized spacial score (nSPS) is 21.1. The number of nitrogens with one attached hydrogen (secondary N) is 2. The summed E-state index contributed by atoms with van der Waals surface area (Å²) in [4.78, 5) is 20.2. The van der Waals surface area contributed by atoms with Gasteiger partial charge in [-0.3, -0.25) is 4.79 Å². The van der Waals surface area contributed by atoms with Crippen LogP contribution in [0, 0.1) is 5.92 Å². The maximum atomic E-state index is 12.6. The molecule has 0 aromatic carbocycles. The van der Waals surface area contributed by atoms with Crippen molar-refractivity contribution in [3.63, 3.8) is 0 Å². The molecule has 1 fully saturated rings. The van der Waals surface area contributed by atoms with E-state index in [1.54, 1.807) is 6.07 Å². The Morgan fingerprint density at radius 2 is 2.00 bits per heavy atom. The molecule has 25 heavy (non-hydrogen) atoms. The summed E-state index contributed by atoms with van der Waals surface area (Å²) in [5.74, 6) is 1.03. The van der Waals surface area contributed by atoms with Crippen molar-refractivity contribution in [3.05, 3.63) is 52.7 Å². The van der Waals surface area contributed by atoms with Gasteiger partial charge in [-0.05, 0) is 42.6 Å². The van der Waals surface area contributed by atoms with E-state index in [0.717, 1.165) is 41.8 Å². The number of H-pyrrole nitrogens is 1. The van der Waals surface area contributed by atoms with Crippen LogP contribution in [0.1, 0.15) is 18.0 Å². The first kappa shape index (κ1) is 18.0. The molecule has 0 unspecified atom stereocenters. The van der Waals surface area contributed by atoms with Crippen molar-refractivity contribution in [2.45, 2.75) is 18.9 Å². The van der Waals surface area contributed by atoms with E-state index in [0.29, 0.717) is 11.8 Å². The van der Waals surface area contributed by atoms with E-state index in [1.165, 1.54) is 12.1 Å². The number of pyridine rings is 2. The Balaban J connectivity index is 0.000000911. The lowest BCUT2D eigenvalue weighted by atomic mass is 9.83. The largest absolute Gasteiger partial charge is 0.346 e. The number of hydrogen-bond acceptors (Lipinski definition) is 3. The number of rotatable bonds is 1. The van der Waals surface area contributed by atoms with Gasteiger partial charge in [0.1, 0.15) is 5.65 Å². The fourth-order valence-electron chi connectivity index (χ4n) is 4.07. The molecule has 3 aromatic heterocycles. The minimum Gasteiger partial charge on any atom is -0.346 e. The number of hydrogen-bond donors (Lipinski definition) is 2. The third-order valence-corrected chi connectivity index (χ3v) is 5.19. The number of aromatic amines is 1. The average molecular weight is 379 g/mol. The molecule has 1 saturated heterocycles. The second kappa shape index (κ2) is 6.83. The first-order valence-electron chi connectivity index (χ1n) is 8.17. The molecule has 2 aliphatic rings. The molecule has 0 radical (unpaired) electrons. The molecule has 7 heteroatoms. The Labute approximate surface area is 157 Å². The summed E-state index contributed by atoms with van der Waals surface area (Å²) in [5, 5.41) is 4.56. The fraction of sp³-hybridized carbons (Fsp3) is 0.333. The highest BCUT2D eigenvalue weighted by molar-refractivity contribution is 5.85. The average Bonchev–Trinajstić information content (AvgIpc) is 3.03. The lowest BCUT2D eigenvalue weighted by molar-refractivity contribution is 0.257. The third-order valence-electron chi connectivity index (χ3n) is 5.19. The van der Waals surface area contributed by atoms with Crippen LogP contribution in [-0.4, -0.2) is 27.6 Å². The predicted molar refractivity (Wildman–Crippen MR) is 104 cm³/mol. The Hall–Kier alpha value is -1.82. The van der Waals surface area contributed by atoms with Gasteiger partial charge in [0, 0.05) is 54.1 Å². The molecular formula is C18H20Cl2N4O. The lowest BCUT2D eigenvalue weighted by Gasteiger charge is -2.37. The summed E-state index contributed by atoms with van der Waals surface area (Å²) >= 11 is 0. The highest BCUT2D eigenvalue weighted by Gasteiger charge is 2.31. The summed E-state index contributed by atoms with van der Waals surface area (Å²) < 4.78 is 1.98. The molecule has 0 saturated carbocycles. The summed E-state index contributed by atoms with van der Waals surface area (Å²) in [5.41, 5.74) is 4.14. The Bertz CT molecular complexity index is 965. The van der Waals surface area contributed by atoms with E-state index < -0.39 is 0 Å². The quantitative estimate of drug-likeness (QED) is 0.684. The van der Waals surface area contributed by atoms with Crippen molar-refractivity contribution in [2.75, 3.05) is 13.1 Å². The molecule has 0 amide bonds. The van der Waals surface area contributed by atoms with Crippen LogP contribution in [0.2, 0.25) is 0 Å². The molecule has 5 nitrogen and oxygen atoms in total. The van der Waals surface area contributed by atoms with Crippen LogP contribution in [0.4, 0.5) is 0 Å². The van der Waals surface area contributed by atoms with Gasteiger partial charge in [-0.15, -0.1) is 24.8 Å². The molecule has 2 atom stereocenters. The van der Waals surface area contributed by atoms with E-state index >= 15 is 0 Å². The van der Waals surface area contributed by atoms with Crippen molar-refractivity contribution in [3.8, 4) is 11.1 Å². The van der Waals surface area contributed by atoms with Gasteiger partial charge in [-0.2, -0.15) is 0 Å². The van der Waals surface area contributed by atoms with Crippen molar-refractivity contribution < 1.29 is 0 Å². The highest BCUT2D eigenvalue weighted by atomic mass is 35.5. The van der Waals surface area contributed by atoms with Crippen LogP contribution < -0.4 is 10.9 Å². The van der Waals surface area contributed by atoms with Crippen LogP contribution in [0.15, 0.2) is 41.5 Å². The van der Waals surface area contributed by atoms with Gasteiger partial charge in [0.05, 0.1) is 0 Å². The Kier molecular flexibility index (Phi) is 4.91. The lowest BCUT2D eigenvalue weighted by Crippen LogP contribution is -2.44. The molecule has 0 spiro atoms. The molecule has 2 aliphatic heterocycles. The van der Waals surface area contributed by atoms with E-state index in [-0.39, 0.29) is 30.4 Å². The maximum absolute atomic E-state index is 12.6. The van der Waals surface area contributed by atoms with Crippen LogP contribution in [0.3, 0.4) is 0 Å². The van der Waals surface area contributed by atoms with Gasteiger partial charge in [0.25, 0.3) is 5.56 Å². The monoisotopic (exact) mass is 378 g/mol. The van der Waals surface area contributed by atoms with Gasteiger partial charge in [0.2, 0.25) is 0 Å². The van der Waals surface area contributed by atoms with Crippen molar-refractivity contribution in [1.29, 1.82) is 0 Å². The zero-order valence-corrected chi connectivity index (χ0v) is 15.2. The van der Waals surface area contributed by atoms with Gasteiger partial charge in [0.15, 0.2) is 0 Å². The number of fused-ring (bicyclic) bond motifs is 5. The second-order valence-corrected chi connectivity index (χ2v) is 6.71. The van der Waals surface area contributed by atoms with Gasteiger partial charge in [-0.25, -0.2) is 4.98 Å². The predicted octanol–water partition coefficient (Wildman–Crippen LogP) is 2.94. The van der Waals surface area contributed by atoms with Gasteiger partial charge >= 0.3 is 0 Å². The number of aromatic nitrogens is 3. The molecule has 132 valence electrons. The Morgan fingerprint density at radius 3 is 2.88 bits per heavy atom. The zero-order valence-electron chi connectivity index (χ0n) is 13.6. The molecule has 2 N–H and O–H groups in total.